The minimum atomic E-state index is -0.501. The molecule has 2 nitrogen and oxygen atoms in total. The Morgan fingerprint density at radius 2 is 1.88 bits per heavy atom. The van der Waals surface area contributed by atoms with E-state index in [-0.39, 0.29) is 17.6 Å². The first kappa shape index (κ1) is 12.5. The Balaban J connectivity index is 2.41. The van der Waals surface area contributed by atoms with Gasteiger partial charge in [-0.05, 0) is 38.6 Å². The van der Waals surface area contributed by atoms with Crippen LogP contribution in [0.25, 0.3) is 0 Å². The second kappa shape index (κ2) is 5.10. The zero-order chi connectivity index (χ0) is 12.4. The Morgan fingerprint density at radius 3 is 2.53 bits per heavy atom. The average Bonchev–Trinajstić information content (AvgIpc) is 2.43. The van der Waals surface area contributed by atoms with E-state index in [1.165, 1.54) is 18.2 Å². The van der Waals surface area contributed by atoms with Crippen molar-refractivity contribution in [2.75, 3.05) is 13.6 Å². The Labute approximate surface area is 100 Å². The van der Waals surface area contributed by atoms with Crippen molar-refractivity contribution in [1.29, 1.82) is 0 Å². The van der Waals surface area contributed by atoms with Crippen LogP contribution in [0.1, 0.15) is 30.9 Å². The van der Waals surface area contributed by atoms with Crippen LogP contribution >= 0.6 is 0 Å². The highest BCUT2D eigenvalue weighted by Gasteiger charge is 2.30. The van der Waals surface area contributed by atoms with Gasteiger partial charge in [0.05, 0.1) is 6.04 Å². The molecule has 1 aromatic carbocycles. The highest BCUT2D eigenvalue weighted by atomic mass is 19.1. The van der Waals surface area contributed by atoms with Crippen LogP contribution in [0.4, 0.5) is 8.78 Å². The van der Waals surface area contributed by atoms with Crippen LogP contribution in [0.15, 0.2) is 18.2 Å². The molecule has 2 N–H and O–H groups in total. The minimum absolute atomic E-state index is 0.115. The molecule has 0 spiro atoms. The molecular weight excluding hydrogens is 222 g/mol. The van der Waals surface area contributed by atoms with Gasteiger partial charge in [0.15, 0.2) is 0 Å². The van der Waals surface area contributed by atoms with Crippen LogP contribution in [0.3, 0.4) is 0 Å². The summed E-state index contributed by atoms with van der Waals surface area (Å²) in [4.78, 5) is 1.96. The number of halogens is 2. The molecule has 17 heavy (non-hydrogen) atoms. The van der Waals surface area contributed by atoms with Crippen molar-refractivity contribution in [3.05, 3.63) is 35.4 Å². The van der Waals surface area contributed by atoms with Gasteiger partial charge in [0.25, 0.3) is 0 Å². The fourth-order valence-corrected chi connectivity index (χ4v) is 2.59. The molecule has 1 saturated heterocycles. The third-order valence-corrected chi connectivity index (χ3v) is 3.47. The predicted octanol–water partition coefficient (Wildman–Crippen LogP) is 2.45. The Hall–Kier alpha value is -1.00. The number of benzene rings is 1. The molecule has 1 aromatic rings. The summed E-state index contributed by atoms with van der Waals surface area (Å²) in [6.45, 7) is 0.826. The number of hydrogen-bond acceptors (Lipinski definition) is 2. The van der Waals surface area contributed by atoms with E-state index in [1.54, 1.807) is 0 Å². The van der Waals surface area contributed by atoms with Crippen molar-refractivity contribution < 1.29 is 8.78 Å². The largest absolute Gasteiger partial charge is 0.326 e. The summed E-state index contributed by atoms with van der Waals surface area (Å²) < 4.78 is 27.6. The van der Waals surface area contributed by atoms with Crippen molar-refractivity contribution in [2.24, 2.45) is 5.73 Å². The van der Waals surface area contributed by atoms with Crippen LogP contribution < -0.4 is 5.73 Å². The van der Waals surface area contributed by atoms with Crippen molar-refractivity contribution in [3.8, 4) is 0 Å². The fraction of sp³-hybridized carbons (Fsp3) is 0.538. The van der Waals surface area contributed by atoms with Gasteiger partial charge in [-0.3, -0.25) is 4.90 Å². The zero-order valence-electron chi connectivity index (χ0n) is 10.00. The summed E-state index contributed by atoms with van der Waals surface area (Å²) in [5.74, 6) is -1.00. The van der Waals surface area contributed by atoms with Gasteiger partial charge >= 0.3 is 0 Å². The molecule has 2 unspecified atom stereocenters. The van der Waals surface area contributed by atoms with Crippen molar-refractivity contribution in [3.63, 3.8) is 0 Å². The maximum Gasteiger partial charge on any atom is 0.130 e. The normalized spacial score (nSPS) is 26.8. The summed E-state index contributed by atoms with van der Waals surface area (Å²) in [6.07, 6.45) is 2.84. The van der Waals surface area contributed by atoms with Gasteiger partial charge < -0.3 is 5.73 Å². The molecule has 1 aliphatic heterocycles. The van der Waals surface area contributed by atoms with E-state index in [0.717, 1.165) is 25.8 Å². The van der Waals surface area contributed by atoms with Crippen LogP contribution in [0, 0.1) is 11.6 Å². The second-order valence-corrected chi connectivity index (χ2v) is 4.72. The second-order valence-electron chi connectivity index (χ2n) is 4.72. The maximum absolute atomic E-state index is 13.8. The number of likely N-dealkylation sites (N-methyl/N-ethyl adjacent to an activating group) is 1. The monoisotopic (exact) mass is 240 g/mol. The molecule has 0 saturated carbocycles. The Morgan fingerprint density at radius 1 is 1.24 bits per heavy atom. The first-order chi connectivity index (χ1) is 8.11. The van der Waals surface area contributed by atoms with Crippen LogP contribution in [0.2, 0.25) is 0 Å². The van der Waals surface area contributed by atoms with E-state index in [9.17, 15) is 8.78 Å². The summed E-state index contributed by atoms with van der Waals surface area (Å²) in [7, 11) is 1.88. The molecule has 0 bridgehead atoms. The van der Waals surface area contributed by atoms with Gasteiger partial charge in [0.1, 0.15) is 11.6 Å². The highest BCUT2D eigenvalue weighted by Crippen LogP contribution is 2.31. The molecule has 4 heteroatoms. The van der Waals surface area contributed by atoms with Crippen LogP contribution in [-0.4, -0.2) is 24.5 Å². The highest BCUT2D eigenvalue weighted by molar-refractivity contribution is 5.25. The van der Waals surface area contributed by atoms with E-state index >= 15 is 0 Å². The molecule has 0 radical (unpaired) electrons. The van der Waals surface area contributed by atoms with E-state index in [0.29, 0.717) is 0 Å². The molecule has 94 valence electrons. The predicted molar refractivity (Wildman–Crippen MR) is 63.6 cm³/mol. The van der Waals surface area contributed by atoms with Gasteiger partial charge in [-0.25, -0.2) is 8.78 Å². The van der Waals surface area contributed by atoms with E-state index in [4.69, 9.17) is 5.73 Å². The molecule has 0 aromatic heterocycles. The molecule has 1 fully saturated rings. The van der Waals surface area contributed by atoms with E-state index < -0.39 is 11.6 Å². The quantitative estimate of drug-likeness (QED) is 0.817. The molecule has 2 rings (SSSR count). The number of nitrogens with two attached hydrogens (primary N) is 1. The zero-order valence-corrected chi connectivity index (χ0v) is 10.00. The van der Waals surface area contributed by atoms with Gasteiger partial charge in [-0.2, -0.15) is 0 Å². The lowest BCUT2D eigenvalue weighted by Gasteiger charge is -2.31. The molecule has 1 aliphatic rings. The molecule has 0 aliphatic carbocycles. The Bertz CT molecular complexity index is 363. The smallest absolute Gasteiger partial charge is 0.130 e. The topological polar surface area (TPSA) is 29.3 Å². The molecular formula is C13H18F2N2. The van der Waals surface area contributed by atoms with Gasteiger partial charge in [0, 0.05) is 11.6 Å². The van der Waals surface area contributed by atoms with Crippen molar-refractivity contribution in [1.82, 2.24) is 4.90 Å². The minimum Gasteiger partial charge on any atom is -0.326 e. The summed E-state index contributed by atoms with van der Waals surface area (Å²) in [5, 5.41) is 0. The first-order valence-electron chi connectivity index (χ1n) is 6.01. The standard InChI is InChI=1S/C13H18F2N2/c1-17-8-3-2-7-11(16)13(17)12-9(14)5-4-6-10(12)15/h4-6,11,13H,2-3,7-8,16H2,1H3. The summed E-state index contributed by atoms with van der Waals surface area (Å²) >= 11 is 0. The number of likely N-dealkylation sites (tertiary alicyclic amines) is 1. The third-order valence-electron chi connectivity index (χ3n) is 3.47. The van der Waals surface area contributed by atoms with E-state index in [2.05, 4.69) is 0 Å². The Kier molecular flexibility index (Phi) is 3.74. The van der Waals surface area contributed by atoms with Crippen molar-refractivity contribution >= 4 is 0 Å². The fourth-order valence-electron chi connectivity index (χ4n) is 2.59. The van der Waals surface area contributed by atoms with Gasteiger partial charge in [0.2, 0.25) is 0 Å². The van der Waals surface area contributed by atoms with Crippen LogP contribution in [0.5, 0.6) is 0 Å². The first-order valence-corrected chi connectivity index (χ1v) is 6.01. The molecule has 2 atom stereocenters. The lowest BCUT2D eigenvalue weighted by Crippen LogP contribution is -2.38. The lowest BCUT2D eigenvalue weighted by molar-refractivity contribution is 0.219. The molecule has 0 amide bonds. The van der Waals surface area contributed by atoms with Gasteiger partial charge in [-0.1, -0.05) is 12.5 Å². The summed E-state index contributed by atoms with van der Waals surface area (Å²) in [6, 6.07) is 3.40. The lowest BCUT2D eigenvalue weighted by atomic mass is 9.95. The number of hydrogen-bond donors (Lipinski definition) is 1. The number of rotatable bonds is 1. The van der Waals surface area contributed by atoms with Gasteiger partial charge in [-0.15, -0.1) is 0 Å². The number of nitrogens with zero attached hydrogens (tertiary/aromatic N) is 1. The SMILES string of the molecule is CN1CCCCC(N)C1c1c(F)cccc1F. The molecule has 1 heterocycles. The third kappa shape index (κ3) is 2.48. The maximum atomic E-state index is 13.8. The van der Waals surface area contributed by atoms with E-state index in [1.807, 2.05) is 11.9 Å². The van der Waals surface area contributed by atoms with Crippen LogP contribution in [-0.2, 0) is 0 Å². The summed E-state index contributed by atoms with van der Waals surface area (Å²) in [5.41, 5.74) is 6.18. The van der Waals surface area contributed by atoms with Crippen molar-refractivity contribution in [2.45, 2.75) is 31.3 Å². The average molecular weight is 240 g/mol.